The van der Waals surface area contributed by atoms with Crippen molar-refractivity contribution in [2.45, 2.75) is 19.4 Å². The lowest BCUT2D eigenvalue weighted by Crippen LogP contribution is -2.32. The van der Waals surface area contributed by atoms with Crippen molar-refractivity contribution in [3.8, 4) is 11.5 Å². The first-order valence-electron chi connectivity index (χ1n) is 10.8. The van der Waals surface area contributed by atoms with Crippen LogP contribution in [-0.4, -0.2) is 67.5 Å². The number of carbonyl (C=O) groups excluding carboxylic acids is 2. The molecule has 0 bridgehead atoms. The fourth-order valence-electron chi connectivity index (χ4n) is 3.97. The zero-order valence-corrected chi connectivity index (χ0v) is 20.1. The number of hydrogen-bond acceptors (Lipinski definition) is 6. The number of aliphatic hydroxyl groups excluding tert-OH is 1. The Hall–Kier alpha value is -3.03. The second kappa shape index (κ2) is 10.7. The molecule has 2 aromatic rings. The van der Waals surface area contributed by atoms with Crippen molar-refractivity contribution in [2.75, 3.05) is 40.9 Å². The Morgan fingerprint density at radius 2 is 1.94 bits per heavy atom. The fourth-order valence-corrected chi connectivity index (χ4v) is 4.14. The second-order valence-corrected chi connectivity index (χ2v) is 8.44. The molecule has 0 radical (unpaired) electrons. The number of Topliss-reactive ketones (excluding diaryl/α,β-unsaturated/α-hetero) is 1. The van der Waals surface area contributed by atoms with Crippen LogP contribution in [0.1, 0.15) is 30.5 Å². The number of ether oxygens (including phenoxy) is 2. The summed E-state index contributed by atoms with van der Waals surface area (Å²) in [5, 5.41) is 11.7. The number of benzene rings is 2. The number of carbonyl (C=O) groups is 2. The van der Waals surface area contributed by atoms with Gasteiger partial charge in [-0.1, -0.05) is 23.7 Å². The highest BCUT2D eigenvalue weighted by Gasteiger charge is 2.46. The Morgan fingerprint density at radius 3 is 2.61 bits per heavy atom. The molecule has 1 unspecified atom stereocenters. The van der Waals surface area contributed by atoms with Gasteiger partial charge in [0.15, 0.2) is 0 Å². The Kier molecular flexibility index (Phi) is 8.00. The van der Waals surface area contributed by atoms with Crippen LogP contribution in [0.25, 0.3) is 5.76 Å². The normalized spacial score (nSPS) is 17.6. The van der Waals surface area contributed by atoms with Crippen molar-refractivity contribution >= 4 is 29.1 Å². The topological polar surface area (TPSA) is 79.3 Å². The minimum atomic E-state index is -0.767. The lowest BCUT2D eigenvalue weighted by atomic mass is 9.94. The predicted octanol–water partition coefficient (Wildman–Crippen LogP) is 4.12. The number of hydrogen-bond donors (Lipinski definition) is 1. The molecule has 8 heteroatoms. The number of rotatable bonds is 9. The number of nitrogens with zero attached hydrogens (tertiary/aromatic N) is 2. The monoisotopic (exact) mass is 472 g/mol. The third kappa shape index (κ3) is 5.31. The molecular formula is C25H29ClN2O5. The van der Waals surface area contributed by atoms with Crippen LogP contribution in [0.3, 0.4) is 0 Å². The van der Waals surface area contributed by atoms with Crippen molar-refractivity contribution < 1.29 is 24.2 Å². The molecule has 0 saturated carbocycles. The first kappa shape index (κ1) is 24.6. The summed E-state index contributed by atoms with van der Waals surface area (Å²) in [6.07, 6.45) is 0.669. The molecule has 1 N–H and O–H groups in total. The van der Waals surface area contributed by atoms with Crippen LogP contribution < -0.4 is 9.47 Å². The highest BCUT2D eigenvalue weighted by atomic mass is 35.5. The maximum absolute atomic E-state index is 13.2. The molecule has 1 heterocycles. The van der Waals surface area contributed by atoms with Gasteiger partial charge < -0.3 is 24.4 Å². The molecule has 1 fully saturated rings. The molecule has 0 aromatic heterocycles. The summed E-state index contributed by atoms with van der Waals surface area (Å²) in [7, 11) is 5.36. The summed E-state index contributed by atoms with van der Waals surface area (Å²) in [4.78, 5) is 29.8. The summed E-state index contributed by atoms with van der Waals surface area (Å²) in [5.74, 6) is -0.754. The SMILES string of the molecule is CCOc1cccc(C2/C(=C(\O)c3cc(Cl)ccc3OC)C(=O)C(=O)N2CCCN(C)C)c1. The first-order valence-corrected chi connectivity index (χ1v) is 11.2. The van der Waals surface area contributed by atoms with E-state index in [1.54, 1.807) is 24.3 Å². The van der Waals surface area contributed by atoms with Crippen LogP contribution >= 0.6 is 11.6 Å². The van der Waals surface area contributed by atoms with Crippen LogP contribution in [-0.2, 0) is 9.59 Å². The average molecular weight is 473 g/mol. The summed E-state index contributed by atoms with van der Waals surface area (Å²) in [6, 6.07) is 11.2. The van der Waals surface area contributed by atoms with Gasteiger partial charge >= 0.3 is 0 Å². The maximum Gasteiger partial charge on any atom is 0.295 e. The molecule has 33 heavy (non-hydrogen) atoms. The second-order valence-electron chi connectivity index (χ2n) is 8.00. The molecule has 3 rings (SSSR count). The standard InChI is InChI=1S/C25H29ClN2O5/c1-5-33-18-9-6-8-16(14-18)22-21(23(29)19-15-17(26)10-11-20(19)32-4)24(30)25(31)28(22)13-7-12-27(2)3/h6,8-11,14-15,22,29H,5,7,12-13H2,1-4H3/b23-21+. The van der Waals surface area contributed by atoms with Gasteiger partial charge in [0.25, 0.3) is 11.7 Å². The van der Waals surface area contributed by atoms with Gasteiger partial charge in [-0.2, -0.15) is 0 Å². The summed E-state index contributed by atoms with van der Waals surface area (Å²) < 4.78 is 11.0. The number of halogens is 1. The highest BCUT2D eigenvalue weighted by Crippen LogP contribution is 2.42. The molecule has 2 aromatic carbocycles. The van der Waals surface area contributed by atoms with Gasteiger partial charge in [-0.05, 0) is 69.9 Å². The van der Waals surface area contributed by atoms with Gasteiger partial charge in [0, 0.05) is 11.6 Å². The van der Waals surface area contributed by atoms with Crippen LogP contribution in [0.4, 0.5) is 0 Å². The van der Waals surface area contributed by atoms with Crippen molar-refractivity contribution in [3.63, 3.8) is 0 Å². The fraction of sp³-hybridized carbons (Fsp3) is 0.360. The molecule has 1 aliphatic rings. The molecule has 0 aliphatic carbocycles. The van der Waals surface area contributed by atoms with Crippen molar-refractivity contribution in [3.05, 3.63) is 64.2 Å². The van der Waals surface area contributed by atoms with E-state index in [0.717, 1.165) is 6.54 Å². The Morgan fingerprint density at radius 1 is 1.18 bits per heavy atom. The average Bonchev–Trinajstić information content (AvgIpc) is 3.04. The molecule has 1 amide bonds. The van der Waals surface area contributed by atoms with Crippen molar-refractivity contribution in [2.24, 2.45) is 0 Å². The minimum absolute atomic E-state index is 0.000863. The van der Waals surface area contributed by atoms with Crippen LogP contribution in [0, 0.1) is 0 Å². The number of amides is 1. The maximum atomic E-state index is 13.2. The van der Waals surface area contributed by atoms with Gasteiger partial charge in [0.2, 0.25) is 0 Å². The third-order valence-corrected chi connectivity index (χ3v) is 5.68. The smallest absolute Gasteiger partial charge is 0.295 e. The number of methoxy groups -OCH3 is 1. The van der Waals surface area contributed by atoms with Crippen LogP contribution in [0.15, 0.2) is 48.0 Å². The van der Waals surface area contributed by atoms with Gasteiger partial charge in [0.05, 0.1) is 30.9 Å². The van der Waals surface area contributed by atoms with E-state index in [2.05, 4.69) is 0 Å². The zero-order valence-electron chi connectivity index (χ0n) is 19.3. The molecule has 1 atom stereocenters. The summed E-state index contributed by atoms with van der Waals surface area (Å²) >= 11 is 6.15. The molecule has 1 aliphatic heterocycles. The van der Waals surface area contributed by atoms with Gasteiger partial charge in [-0.3, -0.25) is 9.59 Å². The van der Waals surface area contributed by atoms with E-state index in [0.29, 0.717) is 41.7 Å². The van der Waals surface area contributed by atoms with E-state index in [1.807, 2.05) is 38.1 Å². The quantitative estimate of drug-likeness (QED) is 0.336. The number of ketones is 1. The van der Waals surface area contributed by atoms with E-state index < -0.39 is 17.7 Å². The number of likely N-dealkylation sites (tertiary alicyclic amines) is 1. The minimum Gasteiger partial charge on any atom is -0.507 e. The van der Waals surface area contributed by atoms with E-state index in [9.17, 15) is 14.7 Å². The molecule has 7 nitrogen and oxygen atoms in total. The van der Waals surface area contributed by atoms with Crippen LogP contribution in [0.2, 0.25) is 5.02 Å². The van der Waals surface area contributed by atoms with E-state index in [1.165, 1.54) is 18.1 Å². The first-order chi connectivity index (χ1) is 15.8. The highest BCUT2D eigenvalue weighted by molar-refractivity contribution is 6.46. The molecule has 176 valence electrons. The summed E-state index contributed by atoms with van der Waals surface area (Å²) in [6.45, 7) is 3.46. The van der Waals surface area contributed by atoms with Crippen molar-refractivity contribution in [1.82, 2.24) is 9.80 Å². The molecule has 0 spiro atoms. The van der Waals surface area contributed by atoms with E-state index in [4.69, 9.17) is 21.1 Å². The van der Waals surface area contributed by atoms with Crippen LogP contribution in [0.5, 0.6) is 11.5 Å². The Labute approximate surface area is 199 Å². The lowest BCUT2D eigenvalue weighted by Gasteiger charge is -2.26. The number of aliphatic hydroxyl groups is 1. The van der Waals surface area contributed by atoms with E-state index >= 15 is 0 Å². The summed E-state index contributed by atoms with van der Waals surface area (Å²) in [5.41, 5.74) is 0.925. The van der Waals surface area contributed by atoms with Crippen molar-refractivity contribution in [1.29, 1.82) is 0 Å². The molecular weight excluding hydrogens is 444 g/mol. The zero-order chi connectivity index (χ0) is 24.1. The predicted molar refractivity (Wildman–Crippen MR) is 128 cm³/mol. The lowest BCUT2D eigenvalue weighted by molar-refractivity contribution is -0.139. The molecule has 1 saturated heterocycles. The Balaban J connectivity index is 2.17. The third-order valence-electron chi connectivity index (χ3n) is 5.45. The van der Waals surface area contributed by atoms with Gasteiger partial charge in [-0.25, -0.2) is 0 Å². The largest absolute Gasteiger partial charge is 0.507 e. The Bertz CT molecular complexity index is 1070. The van der Waals surface area contributed by atoms with Gasteiger partial charge in [0.1, 0.15) is 17.3 Å². The van der Waals surface area contributed by atoms with E-state index in [-0.39, 0.29) is 16.9 Å². The van der Waals surface area contributed by atoms with Gasteiger partial charge in [-0.15, -0.1) is 0 Å².